The second-order valence-corrected chi connectivity index (χ2v) is 34.4. The molecular formula is C87H145N25O21. The highest BCUT2D eigenvalue weighted by atomic mass is 16.4. The van der Waals surface area contributed by atoms with Gasteiger partial charge >= 0.3 is 5.97 Å². The van der Waals surface area contributed by atoms with Gasteiger partial charge in [0.25, 0.3) is 0 Å². The van der Waals surface area contributed by atoms with Crippen molar-refractivity contribution in [2.24, 2.45) is 75.5 Å². The Bertz CT molecular complexity index is 4220. The largest absolute Gasteiger partial charge is 0.508 e. The quantitative estimate of drug-likeness (QED) is 0.0167. The fourth-order valence-corrected chi connectivity index (χ4v) is 13.5. The maximum absolute atomic E-state index is 14.6. The Morgan fingerprint density at radius 1 is 0.338 bits per heavy atom. The highest BCUT2D eigenvalue weighted by Gasteiger charge is 2.41. The predicted octanol–water partition coefficient (Wildman–Crippen LogP) is -5.76. The number of guanidine groups is 1. The van der Waals surface area contributed by atoms with E-state index >= 15 is 0 Å². The van der Waals surface area contributed by atoms with Gasteiger partial charge in [0.2, 0.25) is 106 Å². The molecule has 0 heterocycles. The maximum atomic E-state index is 14.6. The molecule has 0 bridgehead atoms. The molecule has 0 aliphatic heterocycles. The van der Waals surface area contributed by atoms with Crippen molar-refractivity contribution in [3.05, 3.63) is 65.7 Å². The number of rotatable bonds is 64. The number of aromatic hydroxyl groups is 1. The minimum absolute atomic E-state index is 0.00149. The molecule has 2 aromatic rings. The summed E-state index contributed by atoms with van der Waals surface area (Å²) in [5.74, 6) is -23.1. The molecule has 0 aromatic heterocycles. The third-order valence-corrected chi connectivity index (χ3v) is 21.7. The van der Waals surface area contributed by atoms with Crippen LogP contribution in [0.1, 0.15) is 197 Å². The van der Waals surface area contributed by atoms with E-state index in [4.69, 9.17) is 51.3 Å². The second kappa shape index (κ2) is 60.4. The Labute approximate surface area is 775 Å². The van der Waals surface area contributed by atoms with Crippen molar-refractivity contribution in [2.75, 3.05) is 26.2 Å². The standard InChI is InChI=1S/C87H145N25O21/c1-13-48(10)70(112-77(124)57(28-19-22-38-90)102-79(126)60(41-51-24-15-14-16-25-51)105-73(120)54(91)40-52-30-32-53(113)33-31-52)86(133)107-62(43-65(116)117)80(127)106-61(42-64(93)115)81(128)110-68(46(6)7)83(130)103-56(27-18-21-37-89)75(122)101-55(26-17-20-36-88)74(121)99-50(12)72(119)100-58(29-23-39-97-87(95)96)76(123)108-67(45(4)5)84(131)104-59(34-35-63(92)114)78(125)109-69(47(8)9)85(132)111-66(44(2)3)82(129)98-49(11)71(94)118/h14-16,24-25,30-33,44-50,54-62,66-70,113H,13,17-23,26-29,34-43,88-91H2,1-12H3,(H2,92,114)(H2,93,115)(H2,94,118)(H,98,129)(H,99,121)(H,100,119)(H,101,122)(H,102,126)(H,103,130)(H,104,131)(H,105,120)(H,106,127)(H,107,133)(H,108,123)(H,109,125)(H,110,128)(H,111,132)(H,112,124)(H,116,117)(H4,95,96,97)/t48-,49-,50-,54-,55-,56-,57-,58-,59-,60-,61-,62-,66-,67-,68-,69-,70-/m0/s1. The highest BCUT2D eigenvalue weighted by Crippen LogP contribution is 2.18. The molecule has 18 amide bonds. The first-order valence-electron chi connectivity index (χ1n) is 44.9. The van der Waals surface area contributed by atoms with Crippen LogP contribution in [0, 0.1) is 35.0 Å². The van der Waals surface area contributed by atoms with Crippen molar-refractivity contribution in [1.82, 2.24) is 85.1 Å². The number of nitrogens with one attached hydrogen (secondary N) is 17. The first-order valence-corrected chi connectivity index (χ1v) is 44.9. The number of hydrogen-bond acceptors (Lipinski definition) is 25. The number of carbonyl (C=O) groups excluding carboxylic acids is 18. The number of carbonyl (C=O) groups is 19. The van der Waals surface area contributed by atoms with Crippen molar-refractivity contribution in [1.29, 1.82) is 5.41 Å². The number of aliphatic carboxylic acids is 1. The number of carboxylic acid groups (broad SMARTS) is 1. The number of phenols is 1. The lowest BCUT2D eigenvalue weighted by atomic mass is 9.96. The summed E-state index contributed by atoms with van der Waals surface area (Å²) < 4.78 is 0. The number of phenolic OH excluding ortho intramolecular Hbond substituents is 1. The molecule has 46 nitrogen and oxygen atoms in total. The van der Waals surface area contributed by atoms with Crippen molar-refractivity contribution in [3.8, 4) is 5.75 Å². The van der Waals surface area contributed by atoms with Crippen LogP contribution in [0.25, 0.3) is 0 Å². The zero-order valence-corrected chi connectivity index (χ0v) is 78.1. The zero-order chi connectivity index (χ0) is 101. The van der Waals surface area contributed by atoms with Gasteiger partial charge in [-0.3, -0.25) is 96.5 Å². The predicted molar refractivity (Wildman–Crippen MR) is 491 cm³/mol. The minimum atomic E-state index is -2.06. The molecule has 0 radical (unpaired) electrons. The first kappa shape index (κ1) is 116. The van der Waals surface area contributed by atoms with E-state index < -0.39 is 270 Å². The summed E-state index contributed by atoms with van der Waals surface area (Å²) in [7, 11) is 0. The highest BCUT2D eigenvalue weighted by molar-refractivity contribution is 6.02. The molecule has 133 heavy (non-hydrogen) atoms. The van der Waals surface area contributed by atoms with Crippen LogP contribution in [0.4, 0.5) is 0 Å². The van der Waals surface area contributed by atoms with E-state index in [2.05, 4.69) is 85.1 Å². The molecule has 0 unspecified atom stereocenters. The average molecular weight is 1880 g/mol. The van der Waals surface area contributed by atoms with Gasteiger partial charge in [0, 0.05) is 19.4 Å². The van der Waals surface area contributed by atoms with Crippen LogP contribution in [-0.4, -0.2) is 251 Å². The third kappa shape index (κ3) is 43.5. The number of primary amides is 3. The molecule has 0 aliphatic carbocycles. The van der Waals surface area contributed by atoms with Crippen molar-refractivity contribution in [2.45, 2.75) is 295 Å². The molecule has 0 aliphatic rings. The molecule has 744 valence electrons. The number of hydrogen-bond donors (Lipinski definition) is 27. The van der Waals surface area contributed by atoms with Gasteiger partial charge in [0.05, 0.1) is 18.9 Å². The van der Waals surface area contributed by atoms with E-state index in [1.54, 1.807) is 84.0 Å². The Hall–Kier alpha value is -12.7. The average Bonchev–Trinajstić information content (AvgIpc) is 0.846. The topological polar surface area (TPSA) is 789 Å². The Balaban J connectivity index is 2.51. The molecule has 0 saturated carbocycles. The maximum Gasteiger partial charge on any atom is 0.305 e. The molecule has 2 aromatic carbocycles. The van der Waals surface area contributed by atoms with Gasteiger partial charge in [-0.1, -0.05) is 118 Å². The first-order chi connectivity index (χ1) is 62.5. The lowest BCUT2D eigenvalue weighted by Crippen LogP contribution is -2.62. The molecule has 0 fully saturated rings. The van der Waals surface area contributed by atoms with Crippen LogP contribution >= 0.6 is 0 Å². The molecule has 2 rings (SSSR count). The number of nitrogens with two attached hydrogens (primary N) is 8. The smallest absolute Gasteiger partial charge is 0.305 e. The van der Waals surface area contributed by atoms with Crippen molar-refractivity contribution >= 4 is 118 Å². The minimum Gasteiger partial charge on any atom is -0.508 e. The Morgan fingerprint density at radius 3 is 1.08 bits per heavy atom. The fourth-order valence-electron chi connectivity index (χ4n) is 13.5. The molecule has 0 saturated heterocycles. The Morgan fingerprint density at radius 2 is 0.662 bits per heavy atom. The van der Waals surface area contributed by atoms with Gasteiger partial charge in [0.15, 0.2) is 5.96 Å². The second-order valence-electron chi connectivity index (χ2n) is 34.4. The third-order valence-electron chi connectivity index (χ3n) is 21.7. The summed E-state index contributed by atoms with van der Waals surface area (Å²) in [5, 5.41) is 68.3. The molecule has 0 spiro atoms. The van der Waals surface area contributed by atoms with Crippen LogP contribution in [-0.2, 0) is 104 Å². The number of carboxylic acids is 1. The van der Waals surface area contributed by atoms with Gasteiger partial charge in [-0.15, -0.1) is 0 Å². The van der Waals surface area contributed by atoms with Crippen molar-refractivity contribution in [3.63, 3.8) is 0 Å². The number of amides is 18. The Kier molecular flexibility index (Phi) is 52.8. The van der Waals surface area contributed by atoms with Gasteiger partial charge in [-0.25, -0.2) is 0 Å². The van der Waals surface area contributed by atoms with Crippen LogP contribution in [0.3, 0.4) is 0 Å². The van der Waals surface area contributed by atoms with E-state index in [-0.39, 0.29) is 103 Å². The van der Waals surface area contributed by atoms with Crippen LogP contribution in [0.5, 0.6) is 5.75 Å². The van der Waals surface area contributed by atoms with Crippen LogP contribution in [0.15, 0.2) is 54.6 Å². The van der Waals surface area contributed by atoms with Crippen LogP contribution in [0.2, 0.25) is 0 Å². The lowest BCUT2D eigenvalue weighted by molar-refractivity contribution is -0.142. The summed E-state index contributed by atoms with van der Waals surface area (Å²) in [6.45, 7) is 18.7. The summed E-state index contributed by atoms with van der Waals surface area (Å²) in [6.07, 6.45) is -1.59. The van der Waals surface area contributed by atoms with E-state index in [1.807, 2.05) is 0 Å². The molecule has 46 heteroatoms. The summed E-state index contributed by atoms with van der Waals surface area (Å²) in [4.78, 5) is 263. The lowest BCUT2D eigenvalue weighted by Gasteiger charge is -2.30. The molecular weight excluding hydrogens is 1730 g/mol. The summed E-state index contributed by atoms with van der Waals surface area (Å²) in [6, 6.07) is -9.25. The summed E-state index contributed by atoms with van der Waals surface area (Å²) in [5.41, 5.74) is 47.0. The van der Waals surface area contributed by atoms with E-state index in [0.717, 1.165) is 0 Å². The van der Waals surface area contributed by atoms with Gasteiger partial charge < -0.3 is 141 Å². The normalized spacial score (nSPS) is 15.1. The zero-order valence-electron chi connectivity index (χ0n) is 78.1. The molecule has 17 atom stereocenters. The summed E-state index contributed by atoms with van der Waals surface area (Å²) >= 11 is 0. The van der Waals surface area contributed by atoms with Crippen molar-refractivity contribution < 1.29 is 101 Å². The monoisotopic (exact) mass is 1880 g/mol. The fraction of sp³-hybridized carbons (Fsp3) is 0.632. The van der Waals surface area contributed by atoms with E-state index in [0.29, 0.717) is 30.4 Å². The van der Waals surface area contributed by atoms with Crippen LogP contribution < -0.4 is 131 Å². The van der Waals surface area contributed by atoms with E-state index in [9.17, 15) is 101 Å². The SMILES string of the molecule is CC[C@H](C)[C@H](NC(=O)[C@H](CCCCN)NC(=O)[C@H](Cc1ccccc1)NC(=O)[C@@H](N)Cc1ccc(O)cc1)C(=O)N[C@@H](CC(=O)O)C(=O)N[C@@H](CC(N)=O)C(=O)N[C@H](C(=O)N[C@@H](CCCCN)C(=O)N[C@@H](CCCCN)C(=O)N[C@@H](C)C(=O)N[C@@H](CCCNC(=N)N)C(=O)N[C@H](C(=O)N[C@@H](CCC(N)=O)C(=O)N[C@H](C(=O)N[C@H](C(=O)N[C@@H](C)C(N)=O)C(C)C)C(C)C)C(C)C)C(C)C. The van der Waals surface area contributed by atoms with Gasteiger partial charge in [-0.2, -0.15) is 0 Å². The number of benzene rings is 2. The molecule has 35 N–H and O–H groups in total. The van der Waals surface area contributed by atoms with Gasteiger partial charge in [0.1, 0.15) is 96.4 Å². The van der Waals surface area contributed by atoms with E-state index in [1.165, 1.54) is 53.7 Å². The van der Waals surface area contributed by atoms with Gasteiger partial charge in [-0.05, 0) is 170 Å². The number of unbranched alkanes of at least 4 members (excludes halogenated alkanes) is 3.